The van der Waals surface area contributed by atoms with E-state index >= 15 is 0 Å². The van der Waals surface area contributed by atoms with Crippen LogP contribution in [0.15, 0.2) is 54.6 Å². The van der Waals surface area contributed by atoms with E-state index in [2.05, 4.69) is 13.8 Å². The van der Waals surface area contributed by atoms with E-state index in [-0.39, 0.29) is 17.3 Å². The van der Waals surface area contributed by atoms with E-state index < -0.39 is 6.04 Å². The maximum Gasteiger partial charge on any atom is 0.329 e. The standard InChI is InChI=1S/C25H31NO4S/c1-3-5-15-23(27)26-22(25(28)29-16-6-4-2)18-31-24(26)19-11-10-14-21(17-19)30-20-12-8-7-9-13-20/h7-14,17,22,24H,3-6,15-16,18H2,1-2H3. The molecule has 0 bridgehead atoms. The van der Waals surface area contributed by atoms with E-state index in [1.54, 1.807) is 16.7 Å². The lowest BCUT2D eigenvalue weighted by atomic mass is 10.1. The Balaban J connectivity index is 1.80. The van der Waals surface area contributed by atoms with Crippen LogP contribution in [0.5, 0.6) is 11.5 Å². The number of carbonyl (C=O) groups is 2. The van der Waals surface area contributed by atoms with Gasteiger partial charge in [-0.15, -0.1) is 11.8 Å². The molecule has 0 spiro atoms. The molecule has 0 aliphatic carbocycles. The van der Waals surface area contributed by atoms with Crippen molar-refractivity contribution in [1.82, 2.24) is 4.90 Å². The molecule has 0 saturated carbocycles. The minimum atomic E-state index is -0.546. The summed E-state index contributed by atoms with van der Waals surface area (Å²) < 4.78 is 11.4. The summed E-state index contributed by atoms with van der Waals surface area (Å²) in [6, 6.07) is 16.8. The maximum atomic E-state index is 13.1. The Labute approximate surface area is 189 Å². The molecule has 1 heterocycles. The second kappa shape index (κ2) is 11.8. The van der Waals surface area contributed by atoms with Crippen LogP contribution in [0.3, 0.4) is 0 Å². The number of thioether (sulfide) groups is 1. The lowest BCUT2D eigenvalue weighted by molar-refractivity contribution is -0.154. The van der Waals surface area contributed by atoms with Crippen LogP contribution in [0.1, 0.15) is 56.9 Å². The van der Waals surface area contributed by atoms with Crippen LogP contribution < -0.4 is 4.74 Å². The molecule has 2 atom stereocenters. The highest BCUT2D eigenvalue weighted by atomic mass is 32.2. The largest absolute Gasteiger partial charge is 0.464 e. The zero-order valence-corrected chi connectivity index (χ0v) is 19.1. The Morgan fingerprint density at radius 1 is 1.00 bits per heavy atom. The predicted octanol–water partition coefficient (Wildman–Crippen LogP) is 5.96. The third kappa shape index (κ3) is 6.26. The summed E-state index contributed by atoms with van der Waals surface area (Å²) in [5, 5.41) is -0.229. The van der Waals surface area contributed by atoms with Crippen molar-refractivity contribution in [3.63, 3.8) is 0 Å². The van der Waals surface area contributed by atoms with Crippen molar-refractivity contribution in [3.8, 4) is 11.5 Å². The summed E-state index contributed by atoms with van der Waals surface area (Å²) in [6.07, 6.45) is 3.97. The molecule has 0 aromatic heterocycles. The van der Waals surface area contributed by atoms with Gasteiger partial charge in [0.15, 0.2) is 0 Å². The first-order chi connectivity index (χ1) is 15.1. The highest BCUT2D eigenvalue weighted by Gasteiger charge is 2.42. The number of benzene rings is 2. The first-order valence-electron chi connectivity index (χ1n) is 11.1. The number of unbranched alkanes of at least 4 members (excludes halogenated alkanes) is 2. The van der Waals surface area contributed by atoms with Crippen LogP contribution in [0.4, 0.5) is 0 Å². The van der Waals surface area contributed by atoms with Gasteiger partial charge in [0, 0.05) is 12.2 Å². The molecule has 1 aliphatic rings. The fourth-order valence-electron chi connectivity index (χ4n) is 3.48. The molecule has 166 valence electrons. The number of hydrogen-bond acceptors (Lipinski definition) is 5. The van der Waals surface area contributed by atoms with Gasteiger partial charge in [-0.2, -0.15) is 0 Å². The first kappa shape index (κ1) is 23.2. The summed E-state index contributed by atoms with van der Waals surface area (Å²) in [4.78, 5) is 27.6. The third-order valence-corrected chi connectivity index (χ3v) is 6.49. The molecule has 0 N–H and O–H groups in total. The van der Waals surface area contributed by atoms with Crippen LogP contribution in [-0.4, -0.2) is 35.2 Å². The van der Waals surface area contributed by atoms with Crippen molar-refractivity contribution in [2.75, 3.05) is 12.4 Å². The molecule has 2 unspecified atom stereocenters. The monoisotopic (exact) mass is 441 g/mol. The van der Waals surface area contributed by atoms with E-state index in [0.29, 0.717) is 24.5 Å². The smallest absolute Gasteiger partial charge is 0.329 e. The average Bonchev–Trinajstić information content (AvgIpc) is 3.24. The summed E-state index contributed by atoms with van der Waals surface area (Å²) in [5.41, 5.74) is 0.951. The van der Waals surface area contributed by atoms with Crippen molar-refractivity contribution < 1.29 is 19.1 Å². The maximum absolute atomic E-state index is 13.1. The molecular formula is C25H31NO4S. The molecule has 2 aromatic rings. The number of para-hydroxylation sites is 1. The number of hydrogen-bond donors (Lipinski definition) is 0. The molecule has 31 heavy (non-hydrogen) atoms. The van der Waals surface area contributed by atoms with Crippen molar-refractivity contribution in [2.45, 2.75) is 57.4 Å². The van der Waals surface area contributed by atoms with E-state index in [1.807, 2.05) is 54.6 Å². The van der Waals surface area contributed by atoms with Gasteiger partial charge in [-0.25, -0.2) is 4.79 Å². The van der Waals surface area contributed by atoms with Gasteiger partial charge in [0.05, 0.1) is 6.61 Å². The van der Waals surface area contributed by atoms with Crippen LogP contribution in [0.2, 0.25) is 0 Å². The van der Waals surface area contributed by atoms with E-state index in [1.165, 1.54) is 0 Å². The van der Waals surface area contributed by atoms with Crippen molar-refractivity contribution in [2.24, 2.45) is 0 Å². The third-order valence-electron chi connectivity index (χ3n) is 5.17. The zero-order chi connectivity index (χ0) is 22.1. The van der Waals surface area contributed by atoms with Crippen LogP contribution in [0, 0.1) is 0 Å². The Morgan fingerprint density at radius 2 is 1.74 bits per heavy atom. The minimum absolute atomic E-state index is 0.00340. The Kier molecular flexibility index (Phi) is 8.83. The lowest BCUT2D eigenvalue weighted by Gasteiger charge is -2.29. The molecule has 1 aliphatic heterocycles. The molecule has 0 radical (unpaired) electrons. The van der Waals surface area contributed by atoms with Crippen LogP contribution in [-0.2, 0) is 14.3 Å². The van der Waals surface area contributed by atoms with E-state index in [0.717, 1.165) is 37.0 Å². The fraction of sp³-hybridized carbons (Fsp3) is 0.440. The van der Waals surface area contributed by atoms with Crippen molar-refractivity contribution >= 4 is 23.6 Å². The summed E-state index contributed by atoms with van der Waals surface area (Å²) in [7, 11) is 0. The SMILES string of the molecule is CCCCOC(=O)C1CSC(c2cccc(Oc3ccccc3)c2)N1C(=O)CCCC. The molecule has 5 nitrogen and oxygen atoms in total. The van der Waals surface area contributed by atoms with Gasteiger partial charge in [0.1, 0.15) is 22.9 Å². The Bertz CT molecular complexity index is 858. The number of amides is 1. The van der Waals surface area contributed by atoms with E-state index in [9.17, 15) is 9.59 Å². The van der Waals surface area contributed by atoms with Gasteiger partial charge in [-0.05, 0) is 42.7 Å². The van der Waals surface area contributed by atoms with Gasteiger partial charge in [0.25, 0.3) is 0 Å². The minimum Gasteiger partial charge on any atom is -0.464 e. The Morgan fingerprint density at radius 3 is 2.48 bits per heavy atom. The summed E-state index contributed by atoms with van der Waals surface area (Å²) in [6.45, 7) is 4.52. The summed E-state index contributed by atoms with van der Waals surface area (Å²) in [5.74, 6) is 1.71. The molecule has 1 amide bonds. The molecule has 1 saturated heterocycles. The van der Waals surface area contributed by atoms with Crippen molar-refractivity contribution in [3.05, 3.63) is 60.2 Å². The van der Waals surface area contributed by atoms with Crippen LogP contribution in [0.25, 0.3) is 0 Å². The topological polar surface area (TPSA) is 55.8 Å². The van der Waals surface area contributed by atoms with Gasteiger partial charge in [-0.1, -0.05) is 57.0 Å². The molecule has 2 aromatic carbocycles. The highest BCUT2D eigenvalue weighted by molar-refractivity contribution is 7.99. The zero-order valence-electron chi connectivity index (χ0n) is 18.3. The van der Waals surface area contributed by atoms with Crippen LogP contribution >= 0.6 is 11.8 Å². The van der Waals surface area contributed by atoms with Gasteiger partial charge in [-0.3, -0.25) is 4.79 Å². The normalized spacial score (nSPS) is 18.1. The summed E-state index contributed by atoms with van der Waals surface area (Å²) >= 11 is 1.60. The molecule has 3 rings (SSSR count). The predicted molar refractivity (Wildman–Crippen MR) is 124 cm³/mol. The second-order valence-corrected chi connectivity index (χ2v) is 8.73. The Hall–Kier alpha value is -2.47. The number of esters is 1. The first-order valence-corrected chi connectivity index (χ1v) is 12.1. The highest BCUT2D eigenvalue weighted by Crippen LogP contribution is 2.43. The number of nitrogens with zero attached hydrogens (tertiary/aromatic N) is 1. The van der Waals surface area contributed by atoms with Gasteiger partial charge in [0.2, 0.25) is 5.91 Å². The fourth-order valence-corrected chi connectivity index (χ4v) is 4.90. The molecule has 1 fully saturated rings. The second-order valence-electron chi connectivity index (χ2n) is 7.61. The molecular weight excluding hydrogens is 410 g/mol. The van der Waals surface area contributed by atoms with Gasteiger partial charge >= 0.3 is 5.97 Å². The van der Waals surface area contributed by atoms with Crippen molar-refractivity contribution in [1.29, 1.82) is 0 Å². The number of carbonyl (C=O) groups excluding carboxylic acids is 2. The van der Waals surface area contributed by atoms with Gasteiger partial charge < -0.3 is 14.4 Å². The quantitative estimate of drug-likeness (QED) is 0.337. The van der Waals surface area contributed by atoms with E-state index in [4.69, 9.17) is 9.47 Å². The number of ether oxygens (including phenoxy) is 2. The number of rotatable bonds is 10. The lowest BCUT2D eigenvalue weighted by Crippen LogP contribution is -2.43. The molecule has 6 heteroatoms. The average molecular weight is 442 g/mol.